The number of nitrogens with two attached hydrogens (primary N) is 1. The highest BCUT2D eigenvalue weighted by molar-refractivity contribution is 9.10. The third-order valence-electron chi connectivity index (χ3n) is 3.31. The molecule has 0 aliphatic heterocycles. The van der Waals surface area contributed by atoms with E-state index in [1.165, 1.54) is 0 Å². The van der Waals surface area contributed by atoms with Gasteiger partial charge in [0.2, 0.25) is 0 Å². The van der Waals surface area contributed by atoms with Gasteiger partial charge in [-0.15, -0.1) is 0 Å². The topological polar surface area (TPSA) is 29.3 Å². The zero-order valence-electron chi connectivity index (χ0n) is 12.1. The smallest absolute Gasteiger partial charge is 0.390 e. The number of halogens is 5. The molecule has 2 aromatic carbocycles. The van der Waals surface area contributed by atoms with Crippen LogP contribution in [0.3, 0.4) is 0 Å². The van der Waals surface area contributed by atoms with E-state index in [0.717, 1.165) is 10.0 Å². The fraction of sp³-hybridized carbons (Fsp3) is 0.250. The molecule has 0 aliphatic rings. The molecule has 2 nitrogen and oxygen atoms in total. The van der Waals surface area contributed by atoms with Gasteiger partial charge in [-0.25, -0.2) is 0 Å². The van der Waals surface area contributed by atoms with Gasteiger partial charge >= 0.3 is 6.18 Å². The van der Waals surface area contributed by atoms with E-state index in [1.807, 2.05) is 0 Å². The van der Waals surface area contributed by atoms with Crippen LogP contribution in [0.5, 0.6) is 0 Å². The van der Waals surface area contributed by atoms with Gasteiger partial charge < -0.3 is 10.6 Å². The van der Waals surface area contributed by atoms with Crippen LogP contribution in [0.1, 0.15) is 12.0 Å². The minimum atomic E-state index is -4.23. The molecule has 0 saturated carbocycles. The fourth-order valence-corrected chi connectivity index (χ4v) is 2.77. The summed E-state index contributed by atoms with van der Waals surface area (Å²) in [5, 5.41) is 0.514. The van der Waals surface area contributed by atoms with E-state index in [1.54, 1.807) is 47.4 Å². The standard InChI is InChI=1S/C16H15BrClF3N2/c17-12-5-6-15(14(22)9-12)23(8-7-16(19,20)21)10-11-3-1-2-4-13(11)18/h1-6,9H,7-8,10,22H2. The molecular formula is C16H15BrClF3N2. The Kier molecular flexibility index (Phi) is 5.81. The van der Waals surface area contributed by atoms with E-state index in [0.29, 0.717) is 16.4 Å². The molecular weight excluding hydrogens is 393 g/mol. The van der Waals surface area contributed by atoms with Crippen LogP contribution in [-0.2, 0) is 6.54 Å². The first-order valence-corrected chi connectivity index (χ1v) is 8.03. The van der Waals surface area contributed by atoms with Crippen LogP contribution in [0.4, 0.5) is 24.5 Å². The van der Waals surface area contributed by atoms with Gasteiger partial charge in [-0.2, -0.15) is 13.2 Å². The Morgan fingerprint density at radius 3 is 2.43 bits per heavy atom. The summed E-state index contributed by atoms with van der Waals surface area (Å²) >= 11 is 9.42. The third-order valence-corrected chi connectivity index (χ3v) is 4.18. The lowest BCUT2D eigenvalue weighted by atomic mass is 10.1. The number of rotatable bonds is 5. The Bertz CT molecular complexity index is 677. The first-order valence-electron chi connectivity index (χ1n) is 6.86. The second kappa shape index (κ2) is 7.45. The number of benzene rings is 2. The Balaban J connectivity index is 2.29. The van der Waals surface area contributed by atoms with Crippen molar-refractivity contribution < 1.29 is 13.2 Å². The molecule has 0 amide bonds. The summed E-state index contributed by atoms with van der Waals surface area (Å²) in [5.74, 6) is 0. The van der Waals surface area contributed by atoms with Crippen LogP contribution in [0.2, 0.25) is 5.02 Å². The van der Waals surface area contributed by atoms with Crippen molar-refractivity contribution in [2.45, 2.75) is 19.1 Å². The highest BCUT2D eigenvalue weighted by Gasteiger charge is 2.28. The Hall–Kier alpha value is -1.40. The molecule has 2 aromatic rings. The molecule has 23 heavy (non-hydrogen) atoms. The van der Waals surface area contributed by atoms with Crippen LogP contribution in [0.25, 0.3) is 0 Å². The molecule has 2 rings (SSSR count). The van der Waals surface area contributed by atoms with Crippen LogP contribution in [-0.4, -0.2) is 12.7 Å². The second-order valence-electron chi connectivity index (χ2n) is 5.08. The van der Waals surface area contributed by atoms with Gasteiger partial charge in [0.05, 0.1) is 17.8 Å². The first kappa shape index (κ1) is 17.9. The number of hydrogen-bond donors (Lipinski definition) is 1. The third kappa shape index (κ3) is 5.32. The lowest BCUT2D eigenvalue weighted by molar-refractivity contribution is -0.132. The van der Waals surface area contributed by atoms with Crippen molar-refractivity contribution in [3.05, 3.63) is 57.5 Å². The van der Waals surface area contributed by atoms with E-state index in [2.05, 4.69) is 15.9 Å². The lowest BCUT2D eigenvalue weighted by Gasteiger charge is -2.27. The van der Waals surface area contributed by atoms with Crippen LogP contribution >= 0.6 is 27.5 Å². The minimum Gasteiger partial charge on any atom is -0.397 e. The number of hydrogen-bond acceptors (Lipinski definition) is 2. The molecule has 0 atom stereocenters. The summed E-state index contributed by atoms with van der Waals surface area (Å²) in [6.45, 7) is 0.0577. The van der Waals surface area contributed by atoms with Crippen LogP contribution in [0, 0.1) is 0 Å². The van der Waals surface area contributed by atoms with Gasteiger partial charge in [0, 0.05) is 22.6 Å². The minimum absolute atomic E-state index is 0.194. The molecule has 0 spiro atoms. The fourth-order valence-electron chi connectivity index (χ4n) is 2.19. The number of anilines is 2. The summed E-state index contributed by atoms with van der Waals surface area (Å²) in [4.78, 5) is 1.59. The average Bonchev–Trinajstić information content (AvgIpc) is 2.45. The highest BCUT2D eigenvalue weighted by atomic mass is 79.9. The molecule has 0 aromatic heterocycles. The quantitative estimate of drug-likeness (QED) is 0.650. The van der Waals surface area contributed by atoms with Crippen molar-refractivity contribution in [3.63, 3.8) is 0 Å². The van der Waals surface area contributed by atoms with Gasteiger partial charge in [-0.3, -0.25) is 0 Å². The molecule has 2 N–H and O–H groups in total. The van der Waals surface area contributed by atoms with Crippen molar-refractivity contribution >= 4 is 38.9 Å². The lowest BCUT2D eigenvalue weighted by Crippen LogP contribution is -2.28. The molecule has 7 heteroatoms. The van der Waals surface area contributed by atoms with Gasteiger partial charge in [0.1, 0.15) is 0 Å². The summed E-state index contributed by atoms with van der Waals surface area (Å²) in [6, 6.07) is 12.2. The second-order valence-corrected chi connectivity index (χ2v) is 6.40. The van der Waals surface area contributed by atoms with E-state index in [9.17, 15) is 13.2 Å². The summed E-state index contributed by atoms with van der Waals surface area (Å²) < 4.78 is 38.6. The monoisotopic (exact) mass is 406 g/mol. The average molecular weight is 408 g/mol. The van der Waals surface area contributed by atoms with Crippen molar-refractivity contribution in [2.24, 2.45) is 0 Å². The van der Waals surface area contributed by atoms with Crippen molar-refractivity contribution in [1.29, 1.82) is 0 Å². The predicted molar refractivity (Wildman–Crippen MR) is 91.7 cm³/mol. The molecule has 0 unspecified atom stereocenters. The SMILES string of the molecule is Nc1cc(Br)ccc1N(CCC(F)(F)F)Cc1ccccc1Cl. The van der Waals surface area contributed by atoms with E-state index < -0.39 is 12.6 Å². The van der Waals surface area contributed by atoms with Gasteiger partial charge in [0.25, 0.3) is 0 Å². The molecule has 124 valence electrons. The van der Waals surface area contributed by atoms with Crippen LogP contribution < -0.4 is 10.6 Å². The number of alkyl halides is 3. The maximum Gasteiger partial charge on any atom is 0.390 e. The van der Waals surface area contributed by atoms with E-state index >= 15 is 0 Å². The molecule has 0 radical (unpaired) electrons. The molecule has 0 fully saturated rings. The zero-order valence-corrected chi connectivity index (χ0v) is 14.4. The molecule has 0 bridgehead atoms. The van der Waals surface area contributed by atoms with Crippen molar-refractivity contribution in [3.8, 4) is 0 Å². The van der Waals surface area contributed by atoms with Crippen molar-refractivity contribution in [2.75, 3.05) is 17.2 Å². The van der Waals surface area contributed by atoms with Crippen LogP contribution in [0.15, 0.2) is 46.9 Å². The molecule has 0 aliphatic carbocycles. The van der Waals surface area contributed by atoms with E-state index in [-0.39, 0.29) is 13.1 Å². The summed E-state index contributed by atoms with van der Waals surface area (Å²) in [6.07, 6.45) is -5.16. The number of nitrogens with zero attached hydrogens (tertiary/aromatic N) is 1. The maximum atomic E-state index is 12.6. The highest BCUT2D eigenvalue weighted by Crippen LogP contribution is 2.31. The first-order chi connectivity index (χ1) is 10.8. The largest absolute Gasteiger partial charge is 0.397 e. The molecule has 0 heterocycles. The van der Waals surface area contributed by atoms with Gasteiger partial charge in [-0.1, -0.05) is 45.7 Å². The summed E-state index contributed by atoms with van der Waals surface area (Å²) in [5.41, 5.74) is 7.68. The predicted octanol–water partition coefficient (Wildman–Crippen LogP) is 5.64. The van der Waals surface area contributed by atoms with Gasteiger partial charge in [0.15, 0.2) is 0 Å². The molecule has 0 saturated heterocycles. The Morgan fingerprint density at radius 1 is 1.13 bits per heavy atom. The normalized spacial score (nSPS) is 11.5. The zero-order chi connectivity index (χ0) is 17.0. The Morgan fingerprint density at radius 2 is 1.83 bits per heavy atom. The number of nitrogen functional groups attached to an aromatic ring is 1. The van der Waals surface area contributed by atoms with Crippen molar-refractivity contribution in [1.82, 2.24) is 0 Å². The maximum absolute atomic E-state index is 12.6. The Labute approximate surface area is 146 Å². The van der Waals surface area contributed by atoms with Gasteiger partial charge in [-0.05, 0) is 29.8 Å². The van der Waals surface area contributed by atoms with E-state index in [4.69, 9.17) is 17.3 Å². The summed E-state index contributed by atoms with van der Waals surface area (Å²) in [7, 11) is 0.